The first-order valence-corrected chi connectivity index (χ1v) is 7.16. The van der Waals surface area contributed by atoms with Crippen molar-refractivity contribution >= 4 is 28.3 Å². The highest BCUT2D eigenvalue weighted by atomic mass is 32.1. The Hall–Kier alpha value is -1.47. The molecule has 2 atom stereocenters. The van der Waals surface area contributed by atoms with Crippen LogP contribution in [0.2, 0.25) is 0 Å². The molecule has 0 bridgehead atoms. The number of aliphatic hydroxyl groups excluding tert-OH is 1. The number of aryl methyl sites for hydroxylation is 1. The van der Waals surface area contributed by atoms with Crippen LogP contribution in [0.1, 0.15) is 36.4 Å². The van der Waals surface area contributed by atoms with Crippen LogP contribution in [0.25, 0.3) is 0 Å². The monoisotopic (exact) mass is 281 g/mol. The number of aliphatic hydroxyl groups is 1. The summed E-state index contributed by atoms with van der Waals surface area (Å²) in [6.45, 7) is 1.88. The lowest BCUT2D eigenvalue weighted by atomic mass is 10.0. The topological polar surface area (TPSA) is 82.5 Å². The molecule has 0 saturated carbocycles. The van der Waals surface area contributed by atoms with Gasteiger partial charge < -0.3 is 10.0 Å². The van der Waals surface area contributed by atoms with Gasteiger partial charge in [0, 0.05) is 0 Å². The summed E-state index contributed by atoms with van der Waals surface area (Å²) in [4.78, 5) is 30.2. The van der Waals surface area contributed by atoms with Crippen LogP contribution in [-0.4, -0.2) is 34.5 Å². The number of piperazine rings is 1. The van der Waals surface area contributed by atoms with Crippen LogP contribution in [-0.2, 0) is 16.0 Å². The Morgan fingerprint density at radius 2 is 2.26 bits per heavy atom. The minimum Gasteiger partial charge on any atom is -0.388 e. The first-order valence-electron chi connectivity index (χ1n) is 6.34. The van der Waals surface area contributed by atoms with Crippen LogP contribution in [0.5, 0.6) is 0 Å². The third kappa shape index (κ3) is 2.12. The normalized spacial score (nSPS) is 27.2. The molecule has 2 N–H and O–H groups in total. The van der Waals surface area contributed by atoms with E-state index in [1.54, 1.807) is 11.8 Å². The number of nitrogens with one attached hydrogen (secondary N) is 1. The number of imide groups is 1. The number of hydrogen-bond acceptors (Lipinski definition) is 6. The fourth-order valence-electron chi connectivity index (χ4n) is 2.45. The number of aromatic nitrogens is 1. The summed E-state index contributed by atoms with van der Waals surface area (Å²) in [6.07, 6.45) is 2.07. The summed E-state index contributed by atoms with van der Waals surface area (Å²) < 4.78 is 0. The molecule has 3 rings (SSSR count). The molecule has 2 heterocycles. The highest BCUT2D eigenvalue weighted by molar-refractivity contribution is 7.15. The molecule has 2 aliphatic rings. The zero-order chi connectivity index (χ0) is 13.6. The summed E-state index contributed by atoms with van der Waals surface area (Å²) in [7, 11) is 0. The number of anilines is 1. The molecular weight excluding hydrogens is 266 g/mol. The van der Waals surface area contributed by atoms with Crippen LogP contribution >= 0.6 is 11.3 Å². The maximum atomic E-state index is 11.6. The van der Waals surface area contributed by atoms with Gasteiger partial charge >= 0.3 is 0 Å². The van der Waals surface area contributed by atoms with Crippen molar-refractivity contribution in [3.05, 3.63) is 10.6 Å². The molecule has 1 aliphatic heterocycles. The molecule has 1 aromatic heterocycles. The number of carbonyl (C=O) groups excluding carboxylic acids is 2. The highest BCUT2D eigenvalue weighted by Crippen LogP contribution is 2.38. The van der Waals surface area contributed by atoms with Gasteiger partial charge in [-0.25, -0.2) is 4.98 Å². The van der Waals surface area contributed by atoms with Crippen LogP contribution < -0.4 is 10.2 Å². The number of rotatable bonds is 1. The second kappa shape index (κ2) is 4.57. The fourth-order valence-corrected chi connectivity index (χ4v) is 3.67. The van der Waals surface area contributed by atoms with E-state index in [-0.39, 0.29) is 18.4 Å². The van der Waals surface area contributed by atoms with Crippen molar-refractivity contribution in [2.45, 2.75) is 38.3 Å². The number of hydrogen-bond donors (Lipinski definition) is 2. The van der Waals surface area contributed by atoms with Gasteiger partial charge in [-0.2, -0.15) is 0 Å². The van der Waals surface area contributed by atoms with Crippen LogP contribution in [0.15, 0.2) is 0 Å². The van der Waals surface area contributed by atoms with E-state index in [4.69, 9.17) is 0 Å². The van der Waals surface area contributed by atoms with E-state index in [0.29, 0.717) is 5.13 Å². The first-order chi connectivity index (χ1) is 9.06. The molecule has 0 spiro atoms. The van der Waals surface area contributed by atoms with Crippen molar-refractivity contribution in [1.82, 2.24) is 10.3 Å². The van der Waals surface area contributed by atoms with Crippen molar-refractivity contribution in [3.63, 3.8) is 0 Å². The SMILES string of the molecule is CC1C(=O)NC(=O)CN1c1nc2c(s1)C(O)CCC2. The minimum absolute atomic E-state index is 0.134. The lowest BCUT2D eigenvalue weighted by molar-refractivity contribution is -0.132. The van der Waals surface area contributed by atoms with Gasteiger partial charge in [0.1, 0.15) is 12.6 Å². The summed E-state index contributed by atoms with van der Waals surface area (Å²) >= 11 is 1.39. The van der Waals surface area contributed by atoms with E-state index >= 15 is 0 Å². The highest BCUT2D eigenvalue weighted by Gasteiger charge is 2.33. The average Bonchev–Trinajstić information content (AvgIpc) is 2.79. The largest absolute Gasteiger partial charge is 0.388 e. The lowest BCUT2D eigenvalue weighted by Gasteiger charge is -2.31. The fraction of sp³-hybridized carbons (Fsp3) is 0.583. The van der Waals surface area contributed by atoms with Crippen molar-refractivity contribution in [2.75, 3.05) is 11.4 Å². The Morgan fingerprint density at radius 1 is 1.47 bits per heavy atom. The van der Waals surface area contributed by atoms with Gasteiger partial charge in [0.15, 0.2) is 5.13 Å². The summed E-state index contributed by atoms with van der Waals surface area (Å²) in [6, 6.07) is -0.414. The van der Waals surface area contributed by atoms with Crippen molar-refractivity contribution in [3.8, 4) is 0 Å². The van der Waals surface area contributed by atoms with E-state index in [1.807, 2.05) is 0 Å². The molecule has 0 radical (unpaired) electrons. The standard InChI is InChI=1S/C12H15N3O3S/c1-6-11(18)14-9(17)5-15(6)12-13-7-3-2-4-8(16)10(7)19-12/h6,8,16H,2-5H2,1H3,(H,14,17,18). The maximum Gasteiger partial charge on any atom is 0.249 e. The second-order valence-corrected chi connectivity index (χ2v) is 5.94. The minimum atomic E-state index is -0.459. The molecule has 1 fully saturated rings. The Kier molecular flexibility index (Phi) is 3.02. The van der Waals surface area contributed by atoms with Crippen molar-refractivity contribution in [2.24, 2.45) is 0 Å². The van der Waals surface area contributed by atoms with Crippen LogP contribution in [0.4, 0.5) is 5.13 Å². The smallest absolute Gasteiger partial charge is 0.249 e. The molecule has 1 aliphatic carbocycles. The number of nitrogens with zero attached hydrogens (tertiary/aromatic N) is 2. The Bertz CT molecular complexity index is 542. The van der Waals surface area contributed by atoms with Gasteiger partial charge in [0.2, 0.25) is 11.8 Å². The molecule has 1 saturated heterocycles. The average molecular weight is 281 g/mol. The molecule has 2 amide bonds. The number of fused-ring (bicyclic) bond motifs is 1. The predicted molar refractivity (Wildman–Crippen MR) is 70.0 cm³/mol. The predicted octanol–water partition coefficient (Wildman–Crippen LogP) is 0.364. The molecule has 2 unspecified atom stereocenters. The van der Waals surface area contributed by atoms with Gasteiger partial charge in [-0.05, 0) is 26.2 Å². The lowest BCUT2D eigenvalue weighted by Crippen LogP contribution is -2.57. The third-order valence-electron chi connectivity index (χ3n) is 3.58. The number of carbonyl (C=O) groups is 2. The molecule has 0 aromatic carbocycles. The van der Waals surface area contributed by atoms with Gasteiger partial charge in [0.05, 0.1) is 16.7 Å². The molecule has 102 valence electrons. The van der Waals surface area contributed by atoms with Crippen molar-refractivity contribution < 1.29 is 14.7 Å². The molecule has 6 nitrogen and oxygen atoms in total. The van der Waals surface area contributed by atoms with E-state index < -0.39 is 12.1 Å². The van der Waals surface area contributed by atoms with Gasteiger partial charge in [-0.3, -0.25) is 14.9 Å². The third-order valence-corrected chi connectivity index (χ3v) is 4.82. The van der Waals surface area contributed by atoms with Crippen LogP contribution in [0.3, 0.4) is 0 Å². The summed E-state index contributed by atoms with van der Waals surface area (Å²) in [5.74, 6) is -0.609. The Balaban J connectivity index is 1.93. The van der Waals surface area contributed by atoms with E-state index in [9.17, 15) is 14.7 Å². The van der Waals surface area contributed by atoms with Gasteiger partial charge in [0.25, 0.3) is 0 Å². The van der Waals surface area contributed by atoms with E-state index in [1.165, 1.54) is 11.3 Å². The molecule has 1 aromatic rings. The quantitative estimate of drug-likeness (QED) is 0.727. The zero-order valence-electron chi connectivity index (χ0n) is 10.5. The number of amides is 2. The zero-order valence-corrected chi connectivity index (χ0v) is 11.4. The Labute approximate surface area is 114 Å². The second-order valence-electron chi connectivity index (χ2n) is 4.93. The maximum absolute atomic E-state index is 11.6. The van der Waals surface area contributed by atoms with Gasteiger partial charge in [-0.15, -0.1) is 0 Å². The summed E-state index contributed by atoms with van der Waals surface area (Å²) in [5, 5.41) is 12.9. The van der Waals surface area contributed by atoms with Crippen LogP contribution in [0, 0.1) is 0 Å². The molecule has 7 heteroatoms. The first kappa shape index (κ1) is 12.6. The van der Waals surface area contributed by atoms with E-state index in [0.717, 1.165) is 29.8 Å². The molecule has 19 heavy (non-hydrogen) atoms. The van der Waals surface area contributed by atoms with Crippen molar-refractivity contribution in [1.29, 1.82) is 0 Å². The van der Waals surface area contributed by atoms with Gasteiger partial charge in [-0.1, -0.05) is 11.3 Å². The Morgan fingerprint density at radius 3 is 3.00 bits per heavy atom. The van der Waals surface area contributed by atoms with E-state index in [2.05, 4.69) is 10.3 Å². The number of thiazole rings is 1. The molecular formula is C12H15N3O3S. The summed E-state index contributed by atoms with van der Waals surface area (Å²) in [5.41, 5.74) is 0.907.